The van der Waals surface area contributed by atoms with Crippen molar-refractivity contribution in [2.45, 2.75) is 6.04 Å². The fraction of sp³-hybridized carbons (Fsp3) is 0.0526. The molecule has 3 N–H and O–H groups in total. The molecule has 0 saturated heterocycles. The molecule has 7 nitrogen and oxygen atoms in total. The van der Waals surface area contributed by atoms with Gasteiger partial charge in [-0.25, -0.2) is 9.97 Å². The lowest BCUT2D eigenvalue weighted by atomic mass is 10.1. The molecule has 4 aromatic heterocycles. The Bertz CT molecular complexity index is 1030. The highest BCUT2D eigenvalue weighted by Gasteiger charge is 2.22. The van der Waals surface area contributed by atoms with Gasteiger partial charge in [-0.05, 0) is 35.9 Å². The fourth-order valence-corrected chi connectivity index (χ4v) is 2.83. The van der Waals surface area contributed by atoms with E-state index in [0.717, 1.165) is 16.8 Å². The van der Waals surface area contributed by atoms with Crippen LogP contribution >= 0.6 is 0 Å². The summed E-state index contributed by atoms with van der Waals surface area (Å²) in [4.78, 5) is 25.1. The van der Waals surface area contributed by atoms with E-state index in [1.807, 2.05) is 59.3 Å². The summed E-state index contributed by atoms with van der Waals surface area (Å²) in [7, 11) is 0. The van der Waals surface area contributed by atoms with Crippen LogP contribution < -0.4 is 11.1 Å². The lowest BCUT2D eigenvalue weighted by Crippen LogP contribution is -2.31. The number of nitrogens with two attached hydrogens (primary N) is 1. The SMILES string of the molecule is Nc1nccnc1C(=O)NC(c1cc2ccccn2c1)c1ccccn1. The quantitative estimate of drug-likeness (QED) is 0.591. The van der Waals surface area contributed by atoms with Crippen LogP contribution in [-0.2, 0) is 0 Å². The van der Waals surface area contributed by atoms with Crippen molar-refractivity contribution in [3.05, 3.63) is 90.4 Å². The fourth-order valence-electron chi connectivity index (χ4n) is 2.83. The monoisotopic (exact) mass is 344 g/mol. The van der Waals surface area contributed by atoms with Gasteiger partial charge in [-0.3, -0.25) is 9.78 Å². The van der Waals surface area contributed by atoms with Gasteiger partial charge in [0.2, 0.25) is 0 Å². The van der Waals surface area contributed by atoms with Crippen molar-refractivity contribution >= 4 is 17.2 Å². The second kappa shape index (κ2) is 6.64. The van der Waals surface area contributed by atoms with E-state index in [9.17, 15) is 4.79 Å². The largest absolute Gasteiger partial charge is 0.382 e. The number of hydrogen-bond acceptors (Lipinski definition) is 5. The molecule has 0 bridgehead atoms. The molecule has 0 radical (unpaired) electrons. The van der Waals surface area contributed by atoms with E-state index in [2.05, 4.69) is 20.3 Å². The minimum atomic E-state index is -0.440. The maximum Gasteiger partial charge on any atom is 0.274 e. The molecule has 1 atom stereocenters. The maximum atomic E-state index is 12.7. The first-order valence-electron chi connectivity index (χ1n) is 8.07. The molecule has 0 aliphatic rings. The number of amides is 1. The van der Waals surface area contributed by atoms with E-state index in [1.165, 1.54) is 12.4 Å². The van der Waals surface area contributed by atoms with Crippen molar-refractivity contribution in [1.29, 1.82) is 0 Å². The van der Waals surface area contributed by atoms with Gasteiger partial charge in [-0.15, -0.1) is 0 Å². The Morgan fingerprint density at radius 1 is 1.04 bits per heavy atom. The number of rotatable bonds is 4. The van der Waals surface area contributed by atoms with Gasteiger partial charge in [0, 0.05) is 36.5 Å². The Balaban J connectivity index is 1.74. The van der Waals surface area contributed by atoms with Crippen molar-refractivity contribution < 1.29 is 4.79 Å². The van der Waals surface area contributed by atoms with Gasteiger partial charge < -0.3 is 15.5 Å². The van der Waals surface area contributed by atoms with E-state index in [1.54, 1.807) is 6.20 Å². The maximum absolute atomic E-state index is 12.7. The number of anilines is 1. The minimum absolute atomic E-state index is 0.0896. The van der Waals surface area contributed by atoms with E-state index in [-0.39, 0.29) is 11.5 Å². The summed E-state index contributed by atoms with van der Waals surface area (Å²) >= 11 is 0. The molecular formula is C19H16N6O. The highest BCUT2D eigenvalue weighted by molar-refractivity contribution is 5.96. The number of pyridine rings is 2. The number of carbonyl (C=O) groups is 1. The molecule has 7 heteroatoms. The van der Waals surface area contributed by atoms with Crippen LogP contribution in [0.4, 0.5) is 5.82 Å². The number of nitrogens with one attached hydrogen (secondary N) is 1. The molecular weight excluding hydrogens is 328 g/mol. The zero-order chi connectivity index (χ0) is 17.9. The number of carbonyl (C=O) groups excluding carboxylic acids is 1. The molecule has 0 saturated carbocycles. The molecule has 1 amide bonds. The number of nitrogen functional groups attached to an aromatic ring is 1. The molecule has 0 aliphatic heterocycles. The molecule has 0 fully saturated rings. The van der Waals surface area contributed by atoms with Gasteiger partial charge in [0.1, 0.15) is 0 Å². The summed E-state index contributed by atoms with van der Waals surface area (Å²) in [6, 6.07) is 13.1. The number of aromatic nitrogens is 4. The Morgan fingerprint density at radius 3 is 2.65 bits per heavy atom. The molecule has 4 aromatic rings. The van der Waals surface area contributed by atoms with Crippen LogP contribution in [0, 0.1) is 0 Å². The van der Waals surface area contributed by atoms with Crippen LogP contribution in [0.3, 0.4) is 0 Å². The van der Waals surface area contributed by atoms with Crippen molar-refractivity contribution in [3.8, 4) is 0 Å². The van der Waals surface area contributed by atoms with E-state index in [0.29, 0.717) is 0 Å². The standard InChI is InChI=1S/C19H16N6O/c20-18-17(22-8-9-23-18)19(26)24-16(15-6-1-3-7-21-15)13-11-14-5-2-4-10-25(14)12-13/h1-12,16H,(H2,20,23)(H,24,26). The van der Waals surface area contributed by atoms with Crippen molar-refractivity contribution in [1.82, 2.24) is 24.7 Å². The smallest absolute Gasteiger partial charge is 0.274 e. The third-order valence-corrected chi connectivity index (χ3v) is 4.06. The normalized spacial score (nSPS) is 12.0. The average Bonchev–Trinajstić information content (AvgIpc) is 3.11. The lowest BCUT2D eigenvalue weighted by molar-refractivity contribution is 0.0938. The Morgan fingerprint density at radius 2 is 1.88 bits per heavy atom. The van der Waals surface area contributed by atoms with Gasteiger partial charge in [0.05, 0.1) is 11.7 Å². The lowest BCUT2D eigenvalue weighted by Gasteiger charge is -2.17. The second-order valence-electron chi connectivity index (χ2n) is 5.76. The zero-order valence-electron chi connectivity index (χ0n) is 13.8. The molecule has 0 aromatic carbocycles. The first-order valence-corrected chi connectivity index (χ1v) is 8.07. The summed E-state index contributed by atoms with van der Waals surface area (Å²) in [5.74, 6) is -0.312. The summed E-state index contributed by atoms with van der Waals surface area (Å²) in [5.41, 5.74) is 8.53. The summed E-state index contributed by atoms with van der Waals surface area (Å²) in [6.07, 6.45) is 8.50. The Labute approximate surface area is 149 Å². The van der Waals surface area contributed by atoms with Crippen molar-refractivity contribution in [2.24, 2.45) is 0 Å². The van der Waals surface area contributed by atoms with Gasteiger partial charge >= 0.3 is 0 Å². The van der Waals surface area contributed by atoms with E-state index < -0.39 is 11.9 Å². The summed E-state index contributed by atoms with van der Waals surface area (Å²) in [6.45, 7) is 0. The molecule has 26 heavy (non-hydrogen) atoms. The Hall–Kier alpha value is -3.74. The number of nitrogens with zero attached hydrogens (tertiary/aromatic N) is 4. The predicted molar refractivity (Wildman–Crippen MR) is 97.4 cm³/mol. The molecule has 4 rings (SSSR count). The Kier molecular flexibility index (Phi) is 4.03. The molecule has 128 valence electrons. The highest BCUT2D eigenvalue weighted by atomic mass is 16.2. The van der Waals surface area contributed by atoms with Crippen LogP contribution in [0.25, 0.3) is 5.52 Å². The van der Waals surface area contributed by atoms with Crippen LogP contribution in [0.15, 0.2) is 73.4 Å². The molecule has 0 spiro atoms. The third kappa shape index (κ3) is 2.98. The first-order chi connectivity index (χ1) is 12.7. The third-order valence-electron chi connectivity index (χ3n) is 4.06. The van der Waals surface area contributed by atoms with E-state index in [4.69, 9.17) is 5.73 Å². The second-order valence-corrected chi connectivity index (χ2v) is 5.76. The summed E-state index contributed by atoms with van der Waals surface area (Å²) in [5, 5.41) is 2.97. The van der Waals surface area contributed by atoms with Gasteiger partial charge in [-0.2, -0.15) is 0 Å². The molecule has 4 heterocycles. The highest BCUT2D eigenvalue weighted by Crippen LogP contribution is 2.23. The average molecular weight is 344 g/mol. The van der Waals surface area contributed by atoms with Crippen LogP contribution in [0.2, 0.25) is 0 Å². The van der Waals surface area contributed by atoms with Gasteiger partial charge in [-0.1, -0.05) is 12.1 Å². The zero-order valence-corrected chi connectivity index (χ0v) is 13.8. The van der Waals surface area contributed by atoms with Crippen LogP contribution in [-0.4, -0.2) is 25.3 Å². The van der Waals surface area contributed by atoms with Crippen LogP contribution in [0.1, 0.15) is 27.8 Å². The summed E-state index contributed by atoms with van der Waals surface area (Å²) < 4.78 is 1.99. The van der Waals surface area contributed by atoms with Crippen LogP contribution in [0.5, 0.6) is 0 Å². The number of fused-ring (bicyclic) bond motifs is 1. The molecule has 0 aliphatic carbocycles. The number of hydrogen-bond donors (Lipinski definition) is 2. The van der Waals surface area contributed by atoms with Gasteiger partial charge in [0.25, 0.3) is 5.91 Å². The molecule has 1 unspecified atom stereocenters. The van der Waals surface area contributed by atoms with Gasteiger partial charge in [0.15, 0.2) is 11.5 Å². The topological polar surface area (TPSA) is 98.2 Å². The minimum Gasteiger partial charge on any atom is -0.382 e. The van der Waals surface area contributed by atoms with Crippen molar-refractivity contribution in [3.63, 3.8) is 0 Å². The predicted octanol–water partition coefficient (Wildman–Crippen LogP) is 2.23. The van der Waals surface area contributed by atoms with E-state index >= 15 is 0 Å². The van der Waals surface area contributed by atoms with Crippen molar-refractivity contribution in [2.75, 3.05) is 5.73 Å². The first kappa shape index (κ1) is 15.8.